The van der Waals surface area contributed by atoms with Crippen molar-refractivity contribution in [1.29, 1.82) is 0 Å². The van der Waals surface area contributed by atoms with Crippen molar-refractivity contribution in [2.45, 2.75) is 25.5 Å². The van der Waals surface area contributed by atoms with Crippen LogP contribution in [-0.2, 0) is 4.74 Å². The van der Waals surface area contributed by atoms with Gasteiger partial charge < -0.3 is 15.2 Å². The Kier molecular flexibility index (Phi) is 3.18. The van der Waals surface area contributed by atoms with Crippen LogP contribution in [0.5, 0.6) is 5.75 Å². The molecule has 1 unspecified atom stereocenters. The van der Waals surface area contributed by atoms with Gasteiger partial charge in [-0.05, 0) is 19.1 Å². The zero-order valence-corrected chi connectivity index (χ0v) is 8.85. The van der Waals surface area contributed by atoms with Crippen molar-refractivity contribution in [3.05, 3.63) is 24.0 Å². The molecule has 1 aromatic rings. The van der Waals surface area contributed by atoms with Crippen molar-refractivity contribution in [3.8, 4) is 5.75 Å². The Morgan fingerprint density at radius 3 is 3.00 bits per heavy atom. The van der Waals surface area contributed by atoms with E-state index >= 15 is 0 Å². The predicted molar refractivity (Wildman–Crippen MR) is 56.7 cm³/mol. The number of nitrogens with two attached hydrogens (primary N) is 1. The summed E-state index contributed by atoms with van der Waals surface area (Å²) in [5.41, 5.74) is 6.58. The first kappa shape index (κ1) is 10.4. The standard InChI is InChI=1S/C11H16N2O2/c1-8(12)11-3-2-9(6-13-11)15-10-4-5-14-7-10/h2-3,6,8,10H,4-5,7,12H2,1H3/t8-,10?/m0/s1. The van der Waals surface area contributed by atoms with Crippen LogP contribution < -0.4 is 10.5 Å². The SMILES string of the molecule is C[C@H](N)c1ccc(OC2CCOC2)cn1. The first-order valence-corrected chi connectivity index (χ1v) is 5.21. The maximum atomic E-state index is 5.70. The van der Waals surface area contributed by atoms with E-state index < -0.39 is 0 Å². The van der Waals surface area contributed by atoms with Crippen molar-refractivity contribution >= 4 is 0 Å². The van der Waals surface area contributed by atoms with Gasteiger partial charge in [0.25, 0.3) is 0 Å². The molecule has 4 nitrogen and oxygen atoms in total. The van der Waals surface area contributed by atoms with Gasteiger partial charge in [-0.25, -0.2) is 0 Å². The molecule has 1 aliphatic rings. The molecule has 0 aliphatic carbocycles. The molecule has 0 spiro atoms. The van der Waals surface area contributed by atoms with Gasteiger partial charge in [-0.1, -0.05) is 0 Å². The lowest BCUT2D eigenvalue weighted by Crippen LogP contribution is -2.16. The first-order valence-electron chi connectivity index (χ1n) is 5.21. The van der Waals surface area contributed by atoms with E-state index in [0.717, 1.165) is 24.5 Å². The number of hydrogen-bond donors (Lipinski definition) is 1. The van der Waals surface area contributed by atoms with Crippen LogP contribution >= 0.6 is 0 Å². The van der Waals surface area contributed by atoms with E-state index in [2.05, 4.69) is 4.98 Å². The zero-order valence-electron chi connectivity index (χ0n) is 8.85. The quantitative estimate of drug-likeness (QED) is 0.812. The summed E-state index contributed by atoms with van der Waals surface area (Å²) in [6.07, 6.45) is 2.85. The number of pyridine rings is 1. The predicted octanol–water partition coefficient (Wildman–Crippen LogP) is 1.27. The van der Waals surface area contributed by atoms with Crippen molar-refractivity contribution in [1.82, 2.24) is 4.98 Å². The molecular formula is C11H16N2O2. The van der Waals surface area contributed by atoms with Gasteiger partial charge in [-0.3, -0.25) is 4.98 Å². The number of rotatable bonds is 3. The maximum absolute atomic E-state index is 5.70. The second-order valence-electron chi connectivity index (χ2n) is 3.81. The minimum Gasteiger partial charge on any atom is -0.486 e. The highest BCUT2D eigenvalue weighted by atomic mass is 16.5. The number of hydrogen-bond acceptors (Lipinski definition) is 4. The van der Waals surface area contributed by atoms with E-state index in [0.29, 0.717) is 6.61 Å². The molecular weight excluding hydrogens is 192 g/mol. The Labute approximate surface area is 89.4 Å². The molecule has 0 saturated carbocycles. The summed E-state index contributed by atoms with van der Waals surface area (Å²) in [7, 11) is 0. The molecule has 1 fully saturated rings. The van der Waals surface area contributed by atoms with Gasteiger partial charge in [0, 0.05) is 12.5 Å². The van der Waals surface area contributed by atoms with E-state index in [9.17, 15) is 0 Å². The average molecular weight is 208 g/mol. The molecule has 2 N–H and O–H groups in total. The molecule has 4 heteroatoms. The van der Waals surface area contributed by atoms with Crippen molar-refractivity contribution in [3.63, 3.8) is 0 Å². The third-order valence-electron chi connectivity index (χ3n) is 2.42. The molecule has 2 atom stereocenters. The number of aromatic nitrogens is 1. The molecule has 82 valence electrons. The zero-order chi connectivity index (χ0) is 10.7. The summed E-state index contributed by atoms with van der Waals surface area (Å²) < 4.78 is 10.9. The van der Waals surface area contributed by atoms with Crippen LogP contribution in [-0.4, -0.2) is 24.3 Å². The lowest BCUT2D eigenvalue weighted by atomic mass is 10.2. The van der Waals surface area contributed by atoms with Gasteiger partial charge in [0.2, 0.25) is 0 Å². The van der Waals surface area contributed by atoms with Crippen LogP contribution in [0.15, 0.2) is 18.3 Å². The van der Waals surface area contributed by atoms with Crippen LogP contribution in [0.3, 0.4) is 0 Å². The molecule has 1 saturated heterocycles. The van der Waals surface area contributed by atoms with Crippen molar-refractivity contribution in [2.75, 3.05) is 13.2 Å². The van der Waals surface area contributed by atoms with Gasteiger partial charge in [-0.2, -0.15) is 0 Å². The van der Waals surface area contributed by atoms with E-state index in [4.69, 9.17) is 15.2 Å². The normalized spacial score (nSPS) is 22.7. The minimum atomic E-state index is -0.0335. The Morgan fingerprint density at radius 1 is 1.60 bits per heavy atom. The Hall–Kier alpha value is -1.13. The summed E-state index contributed by atoms with van der Waals surface area (Å²) >= 11 is 0. The summed E-state index contributed by atoms with van der Waals surface area (Å²) in [4.78, 5) is 4.23. The van der Waals surface area contributed by atoms with Crippen molar-refractivity contribution < 1.29 is 9.47 Å². The minimum absolute atomic E-state index is 0.0335. The van der Waals surface area contributed by atoms with Crippen LogP contribution in [0.25, 0.3) is 0 Å². The molecule has 0 radical (unpaired) electrons. The topological polar surface area (TPSA) is 57.4 Å². The summed E-state index contributed by atoms with van der Waals surface area (Å²) in [6.45, 7) is 3.37. The summed E-state index contributed by atoms with van der Waals surface area (Å²) in [5, 5.41) is 0. The summed E-state index contributed by atoms with van der Waals surface area (Å²) in [5.74, 6) is 0.787. The van der Waals surface area contributed by atoms with Gasteiger partial charge in [0.15, 0.2) is 0 Å². The second kappa shape index (κ2) is 4.59. The Bertz CT molecular complexity index is 305. The second-order valence-corrected chi connectivity index (χ2v) is 3.81. The smallest absolute Gasteiger partial charge is 0.138 e. The van der Waals surface area contributed by atoms with Crippen LogP contribution in [0.2, 0.25) is 0 Å². The highest BCUT2D eigenvalue weighted by Crippen LogP contribution is 2.17. The lowest BCUT2D eigenvalue weighted by molar-refractivity contribution is 0.141. The van der Waals surface area contributed by atoms with Crippen LogP contribution in [0, 0.1) is 0 Å². The molecule has 2 heterocycles. The van der Waals surface area contributed by atoms with Gasteiger partial charge in [-0.15, -0.1) is 0 Å². The fraction of sp³-hybridized carbons (Fsp3) is 0.545. The van der Waals surface area contributed by atoms with E-state index in [1.807, 2.05) is 19.1 Å². The Balaban J connectivity index is 1.97. The number of nitrogens with zero attached hydrogens (tertiary/aromatic N) is 1. The maximum Gasteiger partial charge on any atom is 0.138 e. The highest BCUT2D eigenvalue weighted by Gasteiger charge is 2.17. The highest BCUT2D eigenvalue weighted by molar-refractivity contribution is 5.21. The first-order chi connectivity index (χ1) is 7.25. The molecule has 2 rings (SSSR count). The molecule has 1 aromatic heterocycles. The number of ether oxygens (including phenoxy) is 2. The van der Waals surface area contributed by atoms with E-state index in [1.54, 1.807) is 6.20 Å². The molecule has 15 heavy (non-hydrogen) atoms. The molecule has 0 amide bonds. The molecule has 0 bridgehead atoms. The summed E-state index contributed by atoms with van der Waals surface area (Å²) in [6, 6.07) is 3.77. The van der Waals surface area contributed by atoms with Gasteiger partial charge >= 0.3 is 0 Å². The molecule has 0 aromatic carbocycles. The Morgan fingerprint density at radius 2 is 2.47 bits per heavy atom. The van der Waals surface area contributed by atoms with Crippen molar-refractivity contribution in [2.24, 2.45) is 5.73 Å². The lowest BCUT2D eigenvalue weighted by Gasteiger charge is -2.12. The van der Waals surface area contributed by atoms with E-state index in [-0.39, 0.29) is 12.1 Å². The van der Waals surface area contributed by atoms with Gasteiger partial charge in [0.05, 0.1) is 25.1 Å². The monoisotopic (exact) mass is 208 g/mol. The van der Waals surface area contributed by atoms with Gasteiger partial charge in [0.1, 0.15) is 11.9 Å². The van der Waals surface area contributed by atoms with Crippen LogP contribution in [0.4, 0.5) is 0 Å². The van der Waals surface area contributed by atoms with E-state index in [1.165, 1.54) is 0 Å². The fourth-order valence-electron chi connectivity index (χ4n) is 1.53. The largest absolute Gasteiger partial charge is 0.486 e. The third-order valence-corrected chi connectivity index (χ3v) is 2.42. The molecule has 1 aliphatic heterocycles. The van der Waals surface area contributed by atoms with Crippen LogP contribution in [0.1, 0.15) is 25.1 Å². The average Bonchev–Trinajstić information content (AvgIpc) is 2.71. The third kappa shape index (κ3) is 2.67. The fourth-order valence-corrected chi connectivity index (χ4v) is 1.53.